The van der Waals surface area contributed by atoms with E-state index in [9.17, 15) is 9.59 Å². The van der Waals surface area contributed by atoms with Gasteiger partial charge in [0.1, 0.15) is 0 Å². The van der Waals surface area contributed by atoms with Crippen molar-refractivity contribution < 1.29 is 9.53 Å². The van der Waals surface area contributed by atoms with E-state index in [0.717, 1.165) is 25.7 Å². The third-order valence-corrected chi connectivity index (χ3v) is 4.94. The van der Waals surface area contributed by atoms with Crippen molar-refractivity contribution in [3.8, 4) is 0 Å². The number of para-hydroxylation sites is 1. The summed E-state index contributed by atoms with van der Waals surface area (Å²) in [6.45, 7) is 0. The number of hydrogen-bond donors (Lipinski definition) is 0. The fourth-order valence-electron chi connectivity index (χ4n) is 2.89. The third kappa shape index (κ3) is 2.88. The minimum absolute atomic E-state index is 0.00938. The maximum absolute atomic E-state index is 12.8. The van der Waals surface area contributed by atoms with Crippen molar-refractivity contribution in [2.24, 2.45) is 0 Å². The number of carbonyl (C=O) groups is 1. The lowest BCUT2D eigenvalue weighted by molar-refractivity contribution is -0.137. The Kier molecular flexibility index (Phi) is 4.47. The Morgan fingerprint density at radius 1 is 1.36 bits per heavy atom. The molecule has 1 heterocycles. The molecule has 1 aliphatic carbocycles. The van der Waals surface area contributed by atoms with E-state index in [1.165, 1.54) is 18.9 Å². The maximum Gasteiger partial charge on any atom is 0.316 e. The topological polar surface area (TPSA) is 61.2 Å². The van der Waals surface area contributed by atoms with Gasteiger partial charge in [-0.15, -0.1) is 0 Å². The highest BCUT2D eigenvalue weighted by molar-refractivity contribution is 7.99. The number of nitrogens with zero attached hydrogens (tertiary/aromatic N) is 2. The van der Waals surface area contributed by atoms with Gasteiger partial charge in [-0.2, -0.15) is 0 Å². The molecule has 22 heavy (non-hydrogen) atoms. The summed E-state index contributed by atoms with van der Waals surface area (Å²) in [6.07, 6.45) is 4.24. The van der Waals surface area contributed by atoms with Crippen molar-refractivity contribution in [3.05, 3.63) is 34.6 Å². The monoisotopic (exact) mass is 318 g/mol. The van der Waals surface area contributed by atoms with Crippen LogP contribution >= 0.6 is 11.8 Å². The molecular formula is C16H18N2O3S. The lowest BCUT2D eigenvalue weighted by Gasteiger charge is -2.18. The second kappa shape index (κ2) is 6.52. The molecule has 0 radical (unpaired) electrons. The van der Waals surface area contributed by atoms with Crippen LogP contribution in [0.5, 0.6) is 0 Å². The molecule has 0 atom stereocenters. The van der Waals surface area contributed by atoms with E-state index in [-0.39, 0.29) is 23.3 Å². The Hall–Kier alpha value is -1.82. The Morgan fingerprint density at radius 2 is 2.09 bits per heavy atom. The minimum atomic E-state index is -0.314. The zero-order valence-corrected chi connectivity index (χ0v) is 13.3. The molecule has 1 aliphatic rings. The number of ether oxygens (including phenoxy) is 1. The molecular weight excluding hydrogens is 300 g/mol. The van der Waals surface area contributed by atoms with Crippen molar-refractivity contribution in [1.82, 2.24) is 9.55 Å². The molecule has 6 heteroatoms. The largest absolute Gasteiger partial charge is 0.468 e. The van der Waals surface area contributed by atoms with Crippen LogP contribution in [0.1, 0.15) is 31.7 Å². The van der Waals surface area contributed by atoms with Crippen LogP contribution in [0.4, 0.5) is 0 Å². The second-order valence-electron chi connectivity index (χ2n) is 5.39. The molecule has 116 valence electrons. The van der Waals surface area contributed by atoms with Crippen LogP contribution in [0.3, 0.4) is 0 Å². The van der Waals surface area contributed by atoms with Gasteiger partial charge in [0.25, 0.3) is 5.56 Å². The van der Waals surface area contributed by atoms with E-state index in [1.54, 1.807) is 4.57 Å². The minimum Gasteiger partial charge on any atom is -0.468 e. The number of aromatic nitrogens is 2. The molecule has 0 unspecified atom stereocenters. The molecule has 1 saturated carbocycles. The van der Waals surface area contributed by atoms with Crippen LogP contribution in [0.25, 0.3) is 10.9 Å². The maximum atomic E-state index is 12.8. The summed E-state index contributed by atoms with van der Waals surface area (Å²) >= 11 is 1.27. The number of benzene rings is 1. The molecule has 2 aromatic rings. The van der Waals surface area contributed by atoms with Crippen molar-refractivity contribution >= 4 is 28.6 Å². The van der Waals surface area contributed by atoms with Gasteiger partial charge in [-0.1, -0.05) is 36.7 Å². The normalized spacial score (nSPS) is 15.3. The van der Waals surface area contributed by atoms with E-state index in [2.05, 4.69) is 9.72 Å². The molecule has 0 spiro atoms. The molecule has 1 aromatic heterocycles. The van der Waals surface area contributed by atoms with Crippen molar-refractivity contribution in [2.45, 2.75) is 36.9 Å². The predicted octanol–water partition coefficient (Wildman–Crippen LogP) is 2.78. The number of fused-ring (bicyclic) bond motifs is 1. The lowest BCUT2D eigenvalue weighted by Crippen LogP contribution is -2.26. The molecule has 0 aliphatic heterocycles. The molecule has 0 saturated heterocycles. The summed E-state index contributed by atoms with van der Waals surface area (Å²) in [7, 11) is 1.36. The number of esters is 1. The van der Waals surface area contributed by atoms with Crippen LogP contribution < -0.4 is 5.56 Å². The van der Waals surface area contributed by atoms with Crippen molar-refractivity contribution in [1.29, 1.82) is 0 Å². The molecule has 1 fully saturated rings. The van der Waals surface area contributed by atoms with Crippen LogP contribution in [0.2, 0.25) is 0 Å². The van der Waals surface area contributed by atoms with E-state index in [0.29, 0.717) is 16.1 Å². The lowest BCUT2D eigenvalue weighted by atomic mass is 10.2. The van der Waals surface area contributed by atoms with Gasteiger partial charge in [0.2, 0.25) is 0 Å². The zero-order valence-electron chi connectivity index (χ0n) is 12.4. The molecule has 1 aromatic carbocycles. The molecule has 0 bridgehead atoms. The van der Waals surface area contributed by atoms with Crippen LogP contribution in [0, 0.1) is 0 Å². The summed E-state index contributed by atoms with van der Waals surface area (Å²) in [6, 6.07) is 7.54. The summed E-state index contributed by atoms with van der Waals surface area (Å²) in [5.41, 5.74) is 0.666. The first-order valence-electron chi connectivity index (χ1n) is 7.41. The van der Waals surface area contributed by atoms with Crippen LogP contribution in [0.15, 0.2) is 34.2 Å². The van der Waals surface area contributed by atoms with E-state index in [4.69, 9.17) is 0 Å². The average molecular weight is 318 g/mol. The highest BCUT2D eigenvalue weighted by Gasteiger charge is 2.23. The Morgan fingerprint density at radius 3 is 2.82 bits per heavy atom. The fourth-order valence-corrected chi connectivity index (χ4v) is 3.79. The first kappa shape index (κ1) is 15.1. The van der Waals surface area contributed by atoms with Crippen molar-refractivity contribution in [3.63, 3.8) is 0 Å². The molecule has 5 nitrogen and oxygen atoms in total. The van der Waals surface area contributed by atoms with Gasteiger partial charge >= 0.3 is 5.97 Å². The Bertz CT molecular complexity index is 751. The molecule has 3 rings (SSSR count). The van der Waals surface area contributed by atoms with E-state index in [1.807, 2.05) is 24.3 Å². The zero-order chi connectivity index (χ0) is 15.5. The van der Waals surface area contributed by atoms with Crippen LogP contribution in [-0.2, 0) is 9.53 Å². The predicted molar refractivity (Wildman–Crippen MR) is 86.2 cm³/mol. The quantitative estimate of drug-likeness (QED) is 0.493. The van der Waals surface area contributed by atoms with Gasteiger partial charge in [-0.25, -0.2) is 4.98 Å². The van der Waals surface area contributed by atoms with Gasteiger partial charge in [0, 0.05) is 6.04 Å². The second-order valence-corrected chi connectivity index (χ2v) is 6.33. The number of rotatable bonds is 4. The molecule has 0 N–H and O–H groups in total. The summed E-state index contributed by atoms with van der Waals surface area (Å²) < 4.78 is 6.46. The molecule has 0 amide bonds. The first-order chi connectivity index (χ1) is 10.7. The van der Waals surface area contributed by atoms with Gasteiger partial charge in [0.05, 0.1) is 23.8 Å². The van der Waals surface area contributed by atoms with Gasteiger partial charge in [0.15, 0.2) is 5.16 Å². The first-order valence-corrected chi connectivity index (χ1v) is 8.40. The highest BCUT2D eigenvalue weighted by Crippen LogP contribution is 2.32. The standard InChI is InChI=1S/C16H18N2O3S/c1-21-14(19)10-22-16-17-13-9-5-4-8-12(13)15(20)18(16)11-6-2-3-7-11/h4-5,8-9,11H,2-3,6-7,10H2,1H3. The van der Waals surface area contributed by atoms with Crippen LogP contribution in [-0.4, -0.2) is 28.4 Å². The van der Waals surface area contributed by atoms with Crippen molar-refractivity contribution in [2.75, 3.05) is 12.9 Å². The SMILES string of the molecule is COC(=O)CSc1nc2ccccc2c(=O)n1C1CCCC1. The van der Waals surface area contributed by atoms with Gasteiger partial charge in [-0.05, 0) is 25.0 Å². The Labute approximate surface area is 132 Å². The number of hydrogen-bond acceptors (Lipinski definition) is 5. The van der Waals surface area contributed by atoms with E-state index < -0.39 is 0 Å². The van der Waals surface area contributed by atoms with Gasteiger partial charge < -0.3 is 4.74 Å². The highest BCUT2D eigenvalue weighted by atomic mass is 32.2. The smallest absolute Gasteiger partial charge is 0.316 e. The van der Waals surface area contributed by atoms with E-state index >= 15 is 0 Å². The Balaban J connectivity index is 2.08. The average Bonchev–Trinajstić information content (AvgIpc) is 3.06. The summed E-state index contributed by atoms with van der Waals surface area (Å²) in [5, 5.41) is 1.25. The number of thioether (sulfide) groups is 1. The third-order valence-electron chi connectivity index (χ3n) is 4.01. The number of methoxy groups -OCH3 is 1. The van der Waals surface area contributed by atoms with Gasteiger partial charge in [-0.3, -0.25) is 14.2 Å². The summed E-state index contributed by atoms with van der Waals surface area (Å²) in [5.74, 6) is -0.154. The summed E-state index contributed by atoms with van der Waals surface area (Å²) in [4.78, 5) is 28.9. The number of carbonyl (C=O) groups excluding carboxylic acids is 1. The fraction of sp³-hybridized carbons (Fsp3) is 0.438.